The van der Waals surface area contributed by atoms with Crippen molar-refractivity contribution in [2.45, 2.75) is 6.42 Å². The molecule has 1 N–H and O–H groups in total. The van der Waals surface area contributed by atoms with Crippen LogP contribution < -0.4 is 10.4 Å². The zero-order valence-corrected chi connectivity index (χ0v) is 8.71. The quantitative estimate of drug-likeness (QED) is 0.780. The van der Waals surface area contributed by atoms with Gasteiger partial charge in [-0.2, -0.15) is 5.10 Å². The molecular formula is C11H8N3O3-. The highest BCUT2D eigenvalue weighted by molar-refractivity contribution is 6.45. The fourth-order valence-corrected chi connectivity index (χ4v) is 1.38. The highest BCUT2D eigenvalue weighted by Crippen LogP contribution is 2.14. The van der Waals surface area contributed by atoms with Gasteiger partial charge in [0.25, 0.3) is 5.91 Å². The molecule has 1 aromatic carbocycles. The van der Waals surface area contributed by atoms with Crippen LogP contribution >= 0.6 is 0 Å². The SMILES string of the molecule is O=C(Nc1ccccc1C(=O)[O-])C1=NN=CC1. The number of rotatable bonds is 3. The monoisotopic (exact) mass is 230 g/mol. The summed E-state index contributed by atoms with van der Waals surface area (Å²) in [4.78, 5) is 22.5. The Bertz CT molecular complexity index is 535. The summed E-state index contributed by atoms with van der Waals surface area (Å²) in [7, 11) is 0. The summed E-state index contributed by atoms with van der Waals surface area (Å²) in [5, 5.41) is 20.4. The third kappa shape index (κ3) is 2.36. The van der Waals surface area contributed by atoms with E-state index in [2.05, 4.69) is 15.5 Å². The summed E-state index contributed by atoms with van der Waals surface area (Å²) in [5.41, 5.74) is 0.366. The molecule has 1 amide bonds. The minimum Gasteiger partial charge on any atom is -0.545 e. The minimum absolute atomic E-state index is 0.0691. The average Bonchev–Trinajstić information content (AvgIpc) is 2.83. The average molecular weight is 230 g/mol. The zero-order valence-electron chi connectivity index (χ0n) is 8.71. The molecule has 0 fully saturated rings. The van der Waals surface area contributed by atoms with E-state index >= 15 is 0 Å². The van der Waals surface area contributed by atoms with Crippen LogP contribution in [0.25, 0.3) is 0 Å². The second kappa shape index (κ2) is 4.56. The first-order valence-electron chi connectivity index (χ1n) is 4.88. The van der Waals surface area contributed by atoms with E-state index in [0.717, 1.165) is 0 Å². The van der Waals surface area contributed by atoms with Crippen LogP contribution in [0.4, 0.5) is 5.69 Å². The van der Waals surface area contributed by atoms with Gasteiger partial charge in [0.05, 0.1) is 11.7 Å². The summed E-state index contributed by atoms with van der Waals surface area (Å²) >= 11 is 0. The maximum absolute atomic E-state index is 11.7. The predicted molar refractivity (Wildman–Crippen MR) is 59.9 cm³/mol. The zero-order chi connectivity index (χ0) is 12.3. The van der Waals surface area contributed by atoms with Crippen molar-refractivity contribution >= 4 is 29.5 Å². The Morgan fingerprint density at radius 2 is 2.06 bits per heavy atom. The second-order valence-corrected chi connectivity index (χ2v) is 3.34. The normalized spacial score (nSPS) is 13.3. The number of carboxylic acid groups (broad SMARTS) is 1. The largest absolute Gasteiger partial charge is 0.545 e. The molecule has 0 spiro atoms. The molecule has 1 aliphatic rings. The van der Waals surface area contributed by atoms with Crippen molar-refractivity contribution in [3.8, 4) is 0 Å². The summed E-state index contributed by atoms with van der Waals surface area (Å²) < 4.78 is 0. The topological polar surface area (TPSA) is 94.0 Å². The van der Waals surface area contributed by atoms with Crippen LogP contribution in [0.5, 0.6) is 0 Å². The van der Waals surface area contributed by atoms with Gasteiger partial charge >= 0.3 is 0 Å². The van der Waals surface area contributed by atoms with Crippen molar-refractivity contribution in [1.29, 1.82) is 0 Å². The maximum Gasteiger partial charge on any atom is 0.272 e. The van der Waals surface area contributed by atoms with Crippen LogP contribution in [-0.2, 0) is 4.79 Å². The van der Waals surface area contributed by atoms with E-state index in [1.807, 2.05) is 0 Å². The Hall–Kier alpha value is -2.50. The highest BCUT2D eigenvalue weighted by atomic mass is 16.4. The van der Waals surface area contributed by atoms with Gasteiger partial charge in [-0.1, -0.05) is 18.2 Å². The fourth-order valence-electron chi connectivity index (χ4n) is 1.38. The van der Waals surface area contributed by atoms with Crippen molar-refractivity contribution < 1.29 is 14.7 Å². The van der Waals surface area contributed by atoms with Crippen molar-refractivity contribution in [3.63, 3.8) is 0 Å². The van der Waals surface area contributed by atoms with E-state index in [9.17, 15) is 14.7 Å². The third-order valence-corrected chi connectivity index (χ3v) is 2.20. The van der Waals surface area contributed by atoms with Crippen LogP contribution in [0.15, 0.2) is 34.5 Å². The lowest BCUT2D eigenvalue weighted by Crippen LogP contribution is -2.27. The predicted octanol–water partition coefficient (Wildman–Crippen LogP) is -0.181. The molecule has 0 saturated carbocycles. The Morgan fingerprint density at radius 3 is 2.71 bits per heavy atom. The first-order valence-corrected chi connectivity index (χ1v) is 4.88. The van der Waals surface area contributed by atoms with Gasteiger partial charge in [0.15, 0.2) is 0 Å². The molecule has 0 aromatic heterocycles. The number of para-hydroxylation sites is 1. The van der Waals surface area contributed by atoms with Crippen molar-refractivity contribution in [3.05, 3.63) is 29.8 Å². The number of amides is 1. The summed E-state index contributed by atoms with van der Waals surface area (Å²) in [6, 6.07) is 6.02. The lowest BCUT2D eigenvalue weighted by molar-refractivity contribution is -0.254. The Balaban J connectivity index is 2.18. The van der Waals surface area contributed by atoms with E-state index in [4.69, 9.17) is 0 Å². The van der Waals surface area contributed by atoms with Crippen LogP contribution in [0.2, 0.25) is 0 Å². The highest BCUT2D eigenvalue weighted by Gasteiger charge is 2.15. The molecule has 86 valence electrons. The van der Waals surface area contributed by atoms with E-state index in [-0.39, 0.29) is 17.0 Å². The van der Waals surface area contributed by atoms with Crippen molar-refractivity contribution in [2.24, 2.45) is 10.2 Å². The van der Waals surface area contributed by atoms with Crippen molar-refractivity contribution in [2.75, 3.05) is 5.32 Å². The van der Waals surface area contributed by atoms with Gasteiger partial charge in [0.2, 0.25) is 0 Å². The van der Waals surface area contributed by atoms with Crippen LogP contribution in [0.3, 0.4) is 0 Å². The van der Waals surface area contributed by atoms with Gasteiger partial charge in [-0.3, -0.25) is 4.79 Å². The van der Waals surface area contributed by atoms with E-state index < -0.39 is 11.9 Å². The number of aromatic carboxylic acids is 1. The summed E-state index contributed by atoms with van der Waals surface area (Å²) in [6.45, 7) is 0. The molecule has 1 heterocycles. The van der Waals surface area contributed by atoms with Gasteiger partial charge in [0.1, 0.15) is 5.71 Å². The number of nitrogens with zero attached hydrogens (tertiary/aromatic N) is 2. The molecule has 1 aromatic rings. The summed E-state index contributed by atoms with van der Waals surface area (Å²) in [6.07, 6.45) is 1.85. The molecule has 6 nitrogen and oxygen atoms in total. The molecule has 0 unspecified atom stereocenters. The van der Waals surface area contributed by atoms with Gasteiger partial charge in [-0.05, 0) is 6.07 Å². The van der Waals surface area contributed by atoms with Gasteiger partial charge < -0.3 is 15.2 Å². The Labute approximate surface area is 96.7 Å². The first kappa shape index (κ1) is 11.0. The molecule has 0 saturated heterocycles. The molecule has 0 aliphatic carbocycles. The van der Waals surface area contributed by atoms with Gasteiger partial charge in [-0.15, -0.1) is 5.10 Å². The number of benzene rings is 1. The number of nitrogens with one attached hydrogen (secondary N) is 1. The standard InChI is InChI=1S/C11H9N3O3/c15-10(9-5-6-12-14-9)13-8-4-2-1-3-7(8)11(16)17/h1-4,6H,5H2,(H,13,15)(H,16,17)/p-1. The number of carbonyl (C=O) groups excluding carboxylic acids is 2. The lowest BCUT2D eigenvalue weighted by atomic mass is 10.1. The van der Waals surface area contributed by atoms with E-state index in [1.165, 1.54) is 18.3 Å². The fraction of sp³-hybridized carbons (Fsp3) is 0.0909. The summed E-state index contributed by atoms with van der Waals surface area (Å²) in [5.74, 6) is -1.80. The van der Waals surface area contributed by atoms with Crippen LogP contribution in [0.1, 0.15) is 16.8 Å². The third-order valence-electron chi connectivity index (χ3n) is 2.20. The molecule has 17 heavy (non-hydrogen) atoms. The smallest absolute Gasteiger partial charge is 0.272 e. The van der Waals surface area contributed by atoms with Crippen LogP contribution in [0, 0.1) is 0 Å². The number of hydrogen-bond donors (Lipinski definition) is 1. The van der Waals surface area contributed by atoms with E-state index in [1.54, 1.807) is 12.1 Å². The maximum atomic E-state index is 11.7. The Kier molecular flexibility index (Phi) is 2.95. The first-order chi connectivity index (χ1) is 8.18. The van der Waals surface area contributed by atoms with Gasteiger partial charge in [-0.25, -0.2) is 0 Å². The van der Waals surface area contributed by atoms with Crippen LogP contribution in [-0.4, -0.2) is 23.8 Å². The minimum atomic E-state index is -1.34. The van der Waals surface area contributed by atoms with E-state index in [0.29, 0.717) is 6.42 Å². The number of carboxylic acids is 1. The number of hydrogen-bond acceptors (Lipinski definition) is 5. The number of carbonyl (C=O) groups is 2. The molecule has 2 rings (SSSR count). The number of anilines is 1. The Morgan fingerprint density at radius 1 is 1.29 bits per heavy atom. The second-order valence-electron chi connectivity index (χ2n) is 3.34. The molecule has 0 bridgehead atoms. The molecule has 0 radical (unpaired) electrons. The molecule has 0 atom stereocenters. The van der Waals surface area contributed by atoms with Gasteiger partial charge in [0, 0.05) is 18.2 Å². The van der Waals surface area contributed by atoms with Crippen molar-refractivity contribution in [1.82, 2.24) is 0 Å². The molecular weight excluding hydrogens is 222 g/mol. The lowest BCUT2D eigenvalue weighted by Gasteiger charge is -2.10. The molecule has 1 aliphatic heterocycles. The molecule has 6 heteroatoms.